The summed E-state index contributed by atoms with van der Waals surface area (Å²) in [6.07, 6.45) is 1.38. The smallest absolute Gasteiger partial charge is 0.295 e. The van der Waals surface area contributed by atoms with Crippen LogP contribution in [0.4, 0.5) is 8.78 Å². The Morgan fingerprint density at radius 1 is 1.48 bits per heavy atom. The normalized spacial score (nSPS) is 19.2. The van der Waals surface area contributed by atoms with Crippen LogP contribution in [0.5, 0.6) is 0 Å². The largest absolute Gasteiger partial charge is 0.351 e. The molecule has 0 saturated carbocycles. The summed E-state index contributed by atoms with van der Waals surface area (Å²) in [5, 5.41) is 1.72. The molecule has 0 radical (unpaired) electrons. The Hall–Kier alpha value is -2.96. The van der Waals surface area contributed by atoms with Crippen molar-refractivity contribution in [2.75, 3.05) is 13.7 Å². The van der Waals surface area contributed by atoms with E-state index >= 15 is 0 Å². The number of hydrogen-bond donors (Lipinski definition) is 2. The average Bonchev–Trinajstić information content (AvgIpc) is 2.86. The molecule has 1 atom stereocenters. The van der Waals surface area contributed by atoms with Crippen LogP contribution in [0.25, 0.3) is 16.9 Å². The molecule has 2 amide bonds. The van der Waals surface area contributed by atoms with Crippen molar-refractivity contribution in [3.8, 4) is 6.07 Å². The van der Waals surface area contributed by atoms with Crippen LogP contribution >= 0.6 is 0 Å². The molecule has 1 aromatic rings. The van der Waals surface area contributed by atoms with Crippen molar-refractivity contribution < 1.29 is 18.4 Å². The minimum Gasteiger partial charge on any atom is -0.295 e. The van der Waals surface area contributed by atoms with Gasteiger partial charge in [-0.25, -0.2) is 13.5 Å². The van der Waals surface area contributed by atoms with Gasteiger partial charge in [-0.3, -0.25) is 24.4 Å². The molecule has 1 aromatic heterocycles. The number of amides is 2. The fourth-order valence-electron chi connectivity index (χ4n) is 2.75. The van der Waals surface area contributed by atoms with Crippen molar-refractivity contribution >= 4 is 23.7 Å². The minimum absolute atomic E-state index is 0.0475. The van der Waals surface area contributed by atoms with Gasteiger partial charge in [0.1, 0.15) is 23.8 Å². The second-order valence-electron chi connectivity index (χ2n) is 5.24. The third kappa shape index (κ3) is 3.45. The molecule has 0 aliphatic carbocycles. The molecule has 25 heavy (non-hydrogen) atoms. The first kappa shape index (κ1) is 18.4. The molecule has 2 heterocycles. The highest BCUT2D eigenvalue weighted by Gasteiger charge is 2.31. The van der Waals surface area contributed by atoms with Gasteiger partial charge in [-0.15, -0.1) is 0 Å². The zero-order valence-electron chi connectivity index (χ0n) is 13.8. The Labute approximate surface area is 141 Å². The molecule has 0 bridgehead atoms. The molecular weight excluding hydrogens is 336 g/mol. The third-order valence-electron chi connectivity index (χ3n) is 3.79. The standard InChI is InChI=1S/C15H17F2N5O3/c1-3-21-10(6-7-19-18-2)13(9(17)8-16)15(25)22(21)11-4-5-12(23)20-14(11)24/h6,11,18H,3-5,8H2,1-2H3/p+1/b13-9-. The highest BCUT2D eigenvalue weighted by molar-refractivity contribution is 5.99. The molecule has 8 nitrogen and oxygen atoms in total. The fraction of sp³-hybridized carbons (Fsp3) is 0.467. The van der Waals surface area contributed by atoms with Crippen LogP contribution in [0.2, 0.25) is 0 Å². The van der Waals surface area contributed by atoms with E-state index in [0.29, 0.717) is 0 Å². The number of nitrogens with one attached hydrogen (secondary N) is 2. The molecule has 134 valence electrons. The average molecular weight is 354 g/mol. The van der Waals surface area contributed by atoms with Gasteiger partial charge in [0.25, 0.3) is 11.5 Å². The van der Waals surface area contributed by atoms with Crippen molar-refractivity contribution in [2.45, 2.75) is 32.4 Å². The maximum atomic E-state index is 14.0. The molecule has 10 heteroatoms. The van der Waals surface area contributed by atoms with E-state index in [1.165, 1.54) is 17.8 Å². The Morgan fingerprint density at radius 3 is 2.76 bits per heavy atom. The summed E-state index contributed by atoms with van der Waals surface area (Å²) in [6.45, 7) is 0.438. The van der Waals surface area contributed by atoms with Gasteiger partial charge in [0.15, 0.2) is 0 Å². The second kappa shape index (κ2) is 7.74. The second-order valence-corrected chi connectivity index (χ2v) is 5.24. The van der Waals surface area contributed by atoms with E-state index in [1.807, 2.05) is 0 Å². The van der Waals surface area contributed by atoms with E-state index in [1.54, 1.807) is 6.92 Å². The van der Waals surface area contributed by atoms with Crippen LogP contribution in [0, 0.1) is 6.07 Å². The van der Waals surface area contributed by atoms with Gasteiger partial charge in [-0.2, -0.15) is 0 Å². The number of carbonyl (C=O) groups is 2. The zero-order chi connectivity index (χ0) is 18.6. The maximum Gasteiger partial charge on any atom is 0.351 e. The predicted molar refractivity (Wildman–Crippen MR) is 86.3 cm³/mol. The van der Waals surface area contributed by atoms with Gasteiger partial charge in [0.05, 0.1) is 23.4 Å². The number of aromatic nitrogens is 2. The summed E-state index contributed by atoms with van der Waals surface area (Å²) in [5.74, 6) is -2.33. The topological polar surface area (TPSA) is 89.5 Å². The van der Waals surface area contributed by atoms with Crippen molar-refractivity contribution in [3.63, 3.8) is 0 Å². The zero-order valence-corrected chi connectivity index (χ0v) is 13.8. The molecule has 1 unspecified atom stereocenters. The molecule has 2 rings (SSSR count). The van der Waals surface area contributed by atoms with Gasteiger partial charge < -0.3 is 0 Å². The molecule has 1 aliphatic rings. The maximum absolute atomic E-state index is 14.0. The molecule has 1 aliphatic heterocycles. The number of rotatable bonds is 3. The van der Waals surface area contributed by atoms with Crippen molar-refractivity contribution in [1.82, 2.24) is 20.1 Å². The summed E-state index contributed by atoms with van der Waals surface area (Å²) in [7, 11) is 1.53. The SMILES string of the molecule is CCn1c(=C/C#[N+]NC)/c(=C(/F)CF)c(=O)n1C1CCC(=O)NC1=O. The van der Waals surface area contributed by atoms with Crippen molar-refractivity contribution in [2.24, 2.45) is 0 Å². The van der Waals surface area contributed by atoms with Gasteiger partial charge in [0.2, 0.25) is 5.91 Å². The number of halogens is 2. The van der Waals surface area contributed by atoms with E-state index in [9.17, 15) is 23.2 Å². The minimum atomic E-state index is -1.46. The molecule has 0 aromatic carbocycles. The summed E-state index contributed by atoms with van der Waals surface area (Å²) < 4.78 is 29.3. The van der Waals surface area contributed by atoms with E-state index in [-0.39, 0.29) is 24.7 Å². The van der Waals surface area contributed by atoms with Crippen LogP contribution in [0.15, 0.2) is 4.79 Å². The lowest BCUT2D eigenvalue weighted by Gasteiger charge is -2.23. The molecule has 2 N–H and O–H groups in total. The van der Waals surface area contributed by atoms with E-state index in [2.05, 4.69) is 21.8 Å². The number of hydrogen-bond acceptors (Lipinski definition) is 4. The molecule has 1 saturated heterocycles. The Kier molecular flexibility index (Phi) is 5.69. The van der Waals surface area contributed by atoms with Crippen LogP contribution in [-0.4, -0.2) is 34.9 Å². The Morgan fingerprint density at radius 2 is 2.20 bits per heavy atom. The highest BCUT2D eigenvalue weighted by Crippen LogP contribution is 2.15. The summed E-state index contributed by atoms with van der Waals surface area (Å²) in [5.41, 5.74) is 1.60. The van der Waals surface area contributed by atoms with Crippen molar-refractivity contribution in [1.29, 1.82) is 0 Å². The van der Waals surface area contributed by atoms with Gasteiger partial charge >= 0.3 is 6.07 Å². The van der Waals surface area contributed by atoms with Gasteiger partial charge in [0, 0.05) is 13.0 Å². The number of nitrogens with zero attached hydrogens (tertiary/aromatic N) is 3. The van der Waals surface area contributed by atoms with Gasteiger partial charge in [-0.1, -0.05) is 5.43 Å². The quantitative estimate of drug-likeness (QED) is 0.535. The Bertz CT molecular complexity index is 935. The number of imide groups is 1. The predicted octanol–water partition coefficient (Wildman–Crippen LogP) is -1.06. The summed E-state index contributed by atoms with van der Waals surface area (Å²) in [6, 6.07) is 1.48. The first-order chi connectivity index (χ1) is 12.0. The highest BCUT2D eigenvalue weighted by atomic mass is 19.2. The van der Waals surface area contributed by atoms with Crippen LogP contribution in [0.1, 0.15) is 25.8 Å². The Balaban J connectivity index is 2.83. The third-order valence-corrected chi connectivity index (χ3v) is 3.79. The molecular formula is C15H18F2N5O3+. The van der Waals surface area contributed by atoms with Crippen LogP contribution in [0.3, 0.4) is 0 Å². The first-order valence-corrected chi connectivity index (χ1v) is 7.68. The summed E-state index contributed by atoms with van der Waals surface area (Å²) in [4.78, 5) is 39.7. The fourth-order valence-corrected chi connectivity index (χ4v) is 2.75. The summed E-state index contributed by atoms with van der Waals surface area (Å²) >= 11 is 0. The number of alkyl halides is 1. The first-order valence-electron chi connectivity index (χ1n) is 7.68. The molecule has 1 fully saturated rings. The lowest BCUT2D eigenvalue weighted by molar-refractivity contribution is -0.136. The van der Waals surface area contributed by atoms with Crippen LogP contribution in [-0.2, 0) is 16.1 Å². The van der Waals surface area contributed by atoms with Gasteiger partial charge in [-0.05, 0) is 13.3 Å². The van der Waals surface area contributed by atoms with Crippen LogP contribution < -0.4 is 26.9 Å². The van der Waals surface area contributed by atoms with E-state index in [0.717, 1.165) is 4.68 Å². The number of carbonyl (C=O) groups excluding carboxylic acids is 2. The molecule has 0 spiro atoms. The monoisotopic (exact) mass is 354 g/mol. The lowest BCUT2D eigenvalue weighted by atomic mass is 10.1. The number of piperidine rings is 1. The van der Waals surface area contributed by atoms with Crippen molar-refractivity contribution in [3.05, 3.63) is 25.9 Å². The van der Waals surface area contributed by atoms with E-state index < -0.39 is 41.1 Å². The van der Waals surface area contributed by atoms with E-state index in [4.69, 9.17) is 0 Å². The lowest BCUT2D eigenvalue weighted by Crippen LogP contribution is -2.46.